The van der Waals surface area contributed by atoms with E-state index in [9.17, 15) is 4.79 Å². The number of carbonyl (C=O) groups excluding carboxylic acids is 1. The minimum atomic E-state index is -0.343. The Kier molecular flexibility index (Phi) is 4.21. The van der Waals surface area contributed by atoms with E-state index in [0.717, 1.165) is 16.2 Å². The van der Waals surface area contributed by atoms with Crippen LogP contribution in [0.2, 0.25) is 0 Å². The molecule has 0 spiro atoms. The second-order valence-corrected chi connectivity index (χ2v) is 5.13. The van der Waals surface area contributed by atoms with Gasteiger partial charge in [-0.05, 0) is 25.0 Å². The predicted molar refractivity (Wildman–Crippen MR) is 65.3 cm³/mol. The lowest BCUT2D eigenvalue weighted by Gasteiger charge is -2.08. The summed E-state index contributed by atoms with van der Waals surface area (Å²) < 4.78 is 0. The van der Waals surface area contributed by atoms with Gasteiger partial charge in [-0.15, -0.1) is 11.8 Å². The molecule has 0 bridgehead atoms. The molecule has 0 aliphatic carbocycles. The first-order valence-corrected chi connectivity index (χ1v) is 6.02. The Morgan fingerprint density at radius 2 is 2.13 bits per heavy atom. The van der Waals surface area contributed by atoms with E-state index in [1.807, 2.05) is 25.1 Å². The maximum atomic E-state index is 11.2. The minimum absolute atomic E-state index is 0.343. The third kappa shape index (κ3) is 3.59. The van der Waals surface area contributed by atoms with Crippen LogP contribution in [0.1, 0.15) is 29.8 Å². The monoisotopic (exact) mass is 223 g/mol. The summed E-state index contributed by atoms with van der Waals surface area (Å²) in [6.45, 7) is 6.28. The van der Waals surface area contributed by atoms with Gasteiger partial charge in [-0.1, -0.05) is 25.5 Å². The normalized spacial score (nSPS) is 10.7. The first kappa shape index (κ1) is 12.1. The van der Waals surface area contributed by atoms with Crippen molar-refractivity contribution in [1.82, 2.24) is 0 Å². The molecule has 0 fully saturated rings. The van der Waals surface area contributed by atoms with Gasteiger partial charge in [0.05, 0.1) is 5.56 Å². The van der Waals surface area contributed by atoms with Crippen LogP contribution in [0.3, 0.4) is 0 Å². The maximum Gasteiger partial charge on any atom is 0.249 e. The largest absolute Gasteiger partial charge is 0.366 e. The van der Waals surface area contributed by atoms with E-state index < -0.39 is 0 Å². The van der Waals surface area contributed by atoms with Crippen LogP contribution in [-0.2, 0) is 0 Å². The molecule has 82 valence electrons. The van der Waals surface area contributed by atoms with Gasteiger partial charge in [-0.2, -0.15) is 0 Å². The van der Waals surface area contributed by atoms with E-state index in [1.165, 1.54) is 0 Å². The summed E-state index contributed by atoms with van der Waals surface area (Å²) in [6.07, 6.45) is 0. The van der Waals surface area contributed by atoms with Gasteiger partial charge in [0.25, 0.3) is 0 Å². The van der Waals surface area contributed by atoms with Crippen LogP contribution in [0.4, 0.5) is 0 Å². The molecular formula is C12H17NOS. The Bertz CT molecular complexity index is 361. The zero-order chi connectivity index (χ0) is 11.4. The lowest BCUT2D eigenvalue weighted by atomic mass is 10.1. The van der Waals surface area contributed by atoms with Crippen LogP contribution < -0.4 is 5.73 Å². The van der Waals surface area contributed by atoms with Crippen molar-refractivity contribution >= 4 is 17.7 Å². The zero-order valence-corrected chi connectivity index (χ0v) is 10.2. The topological polar surface area (TPSA) is 43.1 Å². The zero-order valence-electron chi connectivity index (χ0n) is 9.41. The minimum Gasteiger partial charge on any atom is -0.366 e. The number of thioether (sulfide) groups is 1. The molecule has 0 aromatic heterocycles. The van der Waals surface area contributed by atoms with E-state index in [4.69, 9.17) is 5.73 Å². The maximum absolute atomic E-state index is 11.2. The first-order valence-electron chi connectivity index (χ1n) is 5.04. The predicted octanol–water partition coefficient (Wildman–Crippen LogP) is 2.84. The highest BCUT2D eigenvalue weighted by Crippen LogP contribution is 2.25. The molecule has 0 aliphatic heterocycles. The Morgan fingerprint density at radius 1 is 1.47 bits per heavy atom. The Hall–Kier alpha value is -0.960. The van der Waals surface area contributed by atoms with Crippen molar-refractivity contribution in [3.05, 3.63) is 29.3 Å². The molecule has 2 N–H and O–H groups in total. The molecule has 0 saturated heterocycles. The third-order valence-corrected chi connectivity index (χ3v) is 3.47. The van der Waals surface area contributed by atoms with Crippen LogP contribution in [0.5, 0.6) is 0 Å². The van der Waals surface area contributed by atoms with Gasteiger partial charge in [-0.3, -0.25) is 4.79 Å². The molecule has 0 heterocycles. The molecule has 2 nitrogen and oxygen atoms in total. The van der Waals surface area contributed by atoms with Crippen LogP contribution in [0, 0.1) is 12.8 Å². The molecule has 0 radical (unpaired) electrons. The molecule has 1 amide bonds. The number of carbonyl (C=O) groups is 1. The van der Waals surface area contributed by atoms with E-state index in [1.54, 1.807) is 11.8 Å². The van der Waals surface area contributed by atoms with Gasteiger partial charge in [0.1, 0.15) is 0 Å². The molecule has 0 saturated carbocycles. The molecule has 3 heteroatoms. The highest BCUT2D eigenvalue weighted by molar-refractivity contribution is 7.99. The van der Waals surface area contributed by atoms with Crippen molar-refractivity contribution < 1.29 is 4.79 Å². The smallest absolute Gasteiger partial charge is 0.249 e. The van der Waals surface area contributed by atoms with E-state index in [2.05, 4.69) is 13.8 Å². The van der Waals surface area contributed by atoms with Crippen molar-refractivity contribution in [2.75, 3.05) is 5.75 Å². The highest BCUT2D eigenvalue weighted by Gasteiger charge is 2.09. The standard InChI is InChI=1S/C12H17NOS/c1-8(2)7-15-11-5-4-9(3)6-10(11)12(13)14/h4-6,8H,7H2,1-3H3,(H2,13,14). The molecule has 0 atom stereocenters. The second kappa shape index (κ2) is 5.21. The summed E-state index contributed by atoms with van der Waals surface area (Å²) in [7, 11) is 0. The first-order chi connectivity index (χ1) is 7.00. The van der Waals surface area contributed by atoms with Gasteiger partial charge in [0.15, 0.2) is 0 Å². The number of nitrogens with two attached hydrogens (primary N) is 1. The number of primary amides is 1. The van der Waals surface area contributed by atoms with Crippen molar-refractivity contribution in [3.8, 4) is 0 Å². The van der Waals surface area contributed by atoms with Crippen LogP contribution >= 0.6 is 11.8 Å². The summed E-state index contributed by atoms with van der Waals surface area (Å²) in [6, 6.07) is 5.84. The fourth-order valence-corrected chi connectivity index (χ4v) is 2.21. The lowest BCUT2D eigenvalue weighted by Crippen LogP contribution is -2.12. The molecule has 0 aliphatic rings. The van der Waals surface area contributed by atoms with E-state index >= 15 is 0 Å². The SMILES string of the molecule is Cc1ccc(SCC(C)C)c(C(N)=O)c1. The van der Waals surface area contributed by atoms with E-state index in [0.29, 0.717) is 11.5 Å². The molecular weight excluding hydrogens is 206 g/mol. The van der Waals surface area contributed by atoms with Gasteiger partial charge in [0.2, 0.25) is 5.91 Å². The highest BCUT2D eigenvalue weighted by atomic mass is 32.2. The van der Waals surface area contributed by atoms with Crippen LogP contribution in [0.25, 0.3) is 0 Å². The van der Waals surface area contributed by atoms with Gasteiger partial charge in [0, 0.05) is 10.6 Å². The number of amides is 1. The number of hydrogen-bond acceptors (Lipinski definition) is 2. The van der Waals surface area contributed by atoms with Gasteiger partial charge >= 0.3 is 0 Å². The number of benzene rings is 1. The van der Waals surface area contributed by atoms with Crippen molar-refractivity contribution in [1.29, 1.82) is 0 Å². The van der Waals surface area contributed by atoms with E-state index in [-0.39, 0.29) is 5.91 Å². The summed E-state index contributed by atoms with van der Waals surface area (Å²) in [5.41, 5.74) is 7.04. The Morgan fingerprint density at radius 3 is 2.67 bits per heavy atom. The van der Waals surface area contributed by atoms with Crippen LogP contribution in [0.15, 0.2) is 23.1 Å². The van der Waals surface area contributed by atoms with Crippen LogP contribution in [-0.4, -0.2) is 11.7 Å². The average molecular weight is 223 g/mol. The number of rotatable bonds is 4. The Balaban J connectivity index is 2.91. The van der Waals surface area contributed by atoms with Gasteiger partial charge < -0.3 is 5.73 Å². The van der Waals surface area contributed by atoms with Crippen molar-refractivity contribution in [3.63, 3.8) is 0 Å². The summed E-state index contributed by atoms with van der Waals surface area (Å²) in [5, 5.41) is 0. The number of aryl methyl sites for hydroxylation is 1. The quantitative estimate of drug-likeness (QED) is 0.798. The lowest BCUT2D eigenvalue weighted by molar-refractivity contribution is 0.0997. The summed E-state index contributed by atoms with van der Waals surface area (Å²) >= 11 is 1.69. The molecule has 1 aromatic rings. The summed E-state index contributed by atoms with van der Waals surface area (Å²) in [5.74, 6) is 1.27. The van der Waals surface area contributed by atoms with Crippen molar-refractivity contribution in [2.24, 2.45) is 11.7 Å². The Labute approximate surface area is 95.2 Å². The molecule has 1 rings (SSSR count). The fraction of sp³-hybridized carbons (Fsp3) is 0.417. The molecule has 1 aromatic carbocycles. The average Bonchev–Trinajstić information content (AvgIpc) is 2.15. The van der Waals surface area contributed by atoms with Crippen molar-refractivity contribution in [2.45, 2.75) is 25.7 Å². The van der Waals surface area contributed by atoms with Gasteiger partial charge in [-0.25, -0.2) is 0 Å². The third-order valence-electron chi connectivity index (χ3n) is 1.97. The molecule has 15 heavy (non-hydrogen) atoms. The second-order valence-electron chi connectivity index (χ2n) is 4.07. The summed E-state index contributed by atoms with van der Waals surface area (Å²) in [4.78, 5) is 12.2. The molecule has 0 unspecified atom stereocenters. The number of hydrogen-bond donors (Lipinski definition) is 1. The fourth-order valence-electron chi connectivity index (χ4n) is 1.22.